The average Bonchev–Trinajstić information content (AvgIpc) is 3.84. The molecule has 2 aliphatic rings. The Labute approximate surface area is 336 Å². The van der Waals surface area contributed by atoms with Gasteiger partial charge in [-0.2, -0.15) is 0 Å². The molecule has 8 rings (SSSR count). The summed E-state index contributed by atoms with van der Waals surface area (Å²) in [7, 11) is -0.0899. The van der Waals surface area contributed by atoms with E-state index < -0.39 is 12.1 Å². The first-order chi connectivity index (χ1) is 26.4. The van der Waals surface area contributed by atoms with Gasteiger partial charge in [0.25, 0.3) is 0 Å². The zero-order valence-corrected chi connectivity index (χ0v) is 34.0. The number of nitrogens with one attached hydrogen (secondary N) is 2. The molecule has 278 valence electrons. The molecule has 0 fully saturated rings. The van der Waals surface area contributed by atoms with Gasteiger partial charge in [-0.1, -0.05) is 47.5 Å². The highest BCUT2D eigenvalue weighted by molar-refractivity contribution is 7.15. The van der Waals surface area contributed by atoms with Crippen LogP contribution in [0.15, 0.2) is 58.5 Å². The maximum Gasteiger partial charge on any atom is 0.355 e. The lowest BCUT2D eigenvalue weighted by molar-refractivity contribution is -0.120. The monoisotopic (exact) mass is 808 g/mol. The van der Waals surface area contributed by atoms with Gasteiger partial charge in [0.1, 0.15) is 33.7 Å². The van der Waals surface area contributed by atoms with Crippen LogP contribution in [-0.2, 0) is 9.59 Å². The first-order valence-electron chi connectivity index (χ1n) is 17.7. The molecule has 2 unspecified atom stereocenters. The number of amides is 2. The van der Waals surface area contributed by atoms with Gasteiger partial charge < -0.3 is 10.5 Å². The SMILES string of the molecule is Cc1sc2c(c1C)C(c1ccc(Cl)cc1)=NC(CC(=O)NBNC(=O)CC1N=C(c3ccc(Cl)cc3)c3c(sc(C)c3C)-n3c(C)nnc31)c1nnc(C)n1-2. The Morgan fingerprint density at radius 3 is 1.40 bits per heavy atom. The minimum atomic E-state index is -0.642. The summed E-state index contributed by atoms with van der Waals surface area (Å²) in [5.41, 5.74) is 7.45. The van der Waals surface area contributed by atoms with Crippen molar-refractivity contribution < 1.29 is 9.59 Å². The van der Waals surface area contributed by atoms with E-state index in [0.29, 0.717) is 33.3 Å². The van der Waals surface area contributed by atoms with Crippen LogP contribution in [0.1, 0.15) is 91.4 Å². The number of nitrogens with zero attached hydrogens (tertiary/aromatic N) is 8. The van der Waals surface area contributed by atoms with Crippen molar-refractivity contribution in [2.24, 2.45) is 9.98 Å². The molecule has 2 N–H and O–H groups in total. The van der Waals surface area contributed by atoms with Crippen molar-refractivity contribution in [1.82, 2.24) is 40.0 Å². The Bertz CT molecular complexity index is 2390. The number of fused-ring (bicyclic) bond motifs is 6. The van der Waals surface area contributed by atoms with Gasteiger partial charge in [-0.3, -0.25) is 28.7 Å². The number of halogens is 2. The van der Waals surface area contributed by atoms with Crippen molar-refractivity contribution >= 4 is 76.7 Å². The molecule has 0 bridgehead atoms. The van der Waals surface area contributed by atoms with Crippen LogP contribution < -0.4 is 10.5 Å². The summed E-state index contributed by atoms with van der Waals surface area (Å²) < 4.78 is 4.00. The normalized spacial score (nSPS) is 15.8. The molecule has 2 aliphatic heterocycles. The number of aliphatic imine (C=N–C) groups is 2. The number of carbonyl (C=O) groups excluding carboxylic acids is 2. The zero-order valence-electron chi connectivity index (χ0n) is 30.9. The maximum absolute atomic E-state index is 13.6. The van der Waals surface area contributed by atoms with Crippen LogP contribution in [0.3, 0.4) is 0 Å². The van der Waals surface area contributed by atoms with Crippen LogP contribution in [0.25, 0.3) is 10.0 Å². The predicted molar refractivity (Wildman–Crippen MR) is 219 cm³/mol. The van der Waals surface area contributed by atoms with Gasteiger partial charge in [-0.25, -0.2) is 0 Å². The van der Waals surface area contributed by atoms with E-state index in [2.05, 4.69) is 58.5 Å². The molecule has 6 aromatic rings. The summed E-state index contributed by atoms with van der Waals surface area (Å²) in [4.78, 5) is 39.8. The van der Waals surface area contributed by atoms with E-state index in [1.165, 1.54) is 0 Å². The third-order valence-electron chi connectivity index (χ3n) is 10.0. The lowest BCUT2D eigenvalue weighted by atomic mass is 9.99. The molecule has 2 amide bonds. The molecule has 2 atom stereocenters. The van der Waals surface area contributed by atoms with Crippen molar-refractivity contribution in [3.63, 3.8) is 0 Å². The third kappa shape index (κ3) is 6.73. The molecule has 0 radical (unpaired) electrons. The summed E-state index contributed by atoms with van der Waals surface area (Å²) in [5, 5.41) is 26.6. The van der Waals surface area contributed by atoms with Crippen LogP contribution in [-0.4, -0.2) is 60.3 Å². The van der Waals surface area contributed by atoms with Crippen molar-refractivity contribution in [3.8, 4) is 10.0 Å². The Hall–Kier alpha value is -4.96. The highest BCUT2D eigenvalue weighted by atomic mass is 35.5. The Morgan fingerprint density at radius 2 is 1.02 bits per heavy atom. The van der Waals surface area contributed by atoms with Gasteiger partial charge in [0.15, 0.2) is 11.6 Å². The summed E-state index contributed by atoms with van der Waals surface area (Å²) in [6.45, 7) is 12.1. The van der Waals surface area contributed by atoms with Crippen molar-refractivity contribution in [3.05, 3.63) is 125 Å². The minimum absolute atomic E-state index is 0.0149. The summed E-state index contributed by atoms with van der Waals surface area (Å²) in [5.74, 6) is 1.94. The number of carbonyl (C=O) groups is 2. The van der Waals surface area contributed by atoms with Crippen molar-refractivity contribution in [1.29, 1.82) is 0 Å². The Balaban J connectivity index is 1.02. The lowest BCUT2D eigenvalue weighted by Crippen LogP contribution is -2.41. The van der Waals surface area contributed by atoms with Crippen LogP contribution in [0.4, 0.5) is 0 Å². The third-order valence-corrected chi connectivity index (χ3v) is 12.9. The first kappa shape index (κ1) is 37.0. The van der Waals surface area contributed by atoms with Gasteiger partial charge in [0, 0.05) is 42.1 Å². The molecule has 0 saturated carbocycles. The van der Waals surface area contributed by atoms with E-state index >= 15 is 0 Å². The molecule has 4 aromatic heterocycles. The molecule has 55 heavy (non-hydrogen) atoms. The van der Waals surface area contributed by atoms with Crippen LogP contribution >= 0.6 is 45.9 Å². The number of hydrogen-bond acceptors (Lipinski definition) is 10. The number of thiophene rings is 2. The van der Waals surface area contributed by atoms with Gasteiger partial charge >= 0.3 is 7.55 Å². The number of aryl methyl sites for hydroxylation is 4. The molecule has 17 heteroatoms. The largest absolute Gasteiger partial charge is 0.383 e. The van der Waals surface area contributed by atoms with E-state index in [0.717, 1.165) is 64.6 Å². The number of aromatic nitrogens is 6. The van der Waals surface area contributed by atoms with E-state index in [1.54, 1.807) is 22.7 Å². The van der Waals surface area contributed by atoms with Crippen molar-refractivity contribution in [2.75, 3.05) is 0 Å². The highest BCUT2D eigenvalue weighted by Gasteiger charge is 2.34. The van der Waals surface area contributed by atoms with Crippen LogP contribution in [0.2, 0.25) is 10.0 Å². The van der Waals surface area contributed by atoms with Crippen LogP contribution in [0, 0.1) is 41.5 Å². The number of rotatable bonds is 8. The molecule has 2 aromatic carbocycles. The maximum atomic E-state index is 13.6. The van der Waals surface area contributed by atoms with Gasteiger partial charge in [0.05, 0.1) is 24.3 Å². The Morgan fingerprint density at radius 1 is 0.636 bits per heavy atom. The molecule has 6 heterocycles. The fourth-order valence-electron chi connectivity index (χ4n) is 7.00. The molecular weight excluding hydrogens is 774 g/mol. The van der Waals surface area contributed by atoms with E-state index in [4.69, 9.17) is 33.2 Å². The molecule has 0 spiro atoms. The van der Waals surface area contributed by atoms with E-state index in [9.17, 15) is 9.59 Å². The molecule has 0 saturated heterocycles. The number of hydrogen-bond donors (Lipinski definition) is 2. The fourth-order valence-corrected chi connectivity index (χ4v) is 9.68. The second-order valence-electron chi connectivity index (χ2n) is 13.6. The summed E-state index contributed by atoms with van der Waals surface area (Å²) >= 11 is 15.8. The van der Waals surface area contributed by atoms with Gasteiger partial charge in [-0.05, 0) is 76.9 Å². The second-order valence-corrected chi connectivity index (χ2v) is 16.9. The van der Waals surface area contributed by atoms with E-state index in [1.807, 2.05) is 71.5 Å². The first-order valence-corrected chi connectivity index (χ1v) is 20.0. The quantitative estimate of drug-likeness (QED) is 0.160. The minimum Gasteiger partial charge on any atom is -0.383 e. The Kier molecular flexibility index (Phi) is 9.82. The highest BCUT2D eigenvalue weighted by Crippen LogP contribution is 2.41. The zero-order chi connectivity index (χ0) is 38.7. The molecule has 0 aliphatic carbocycles. The fraction of sp³-hybridized carbons (Fsp3) is 0.263. The summed E-state index contributed by atoms with van der Waals surface area (Å²) in [6, 6.07) is 13.8. The molecular formula is C38H35BCl2N10O2S2. The van der Waals surface area contributed by atoms with E-state index in [-0.39, 0.29) is 32.2 Å². The second kappa shape index (κ2) is 14.6. The average molecular weight is 810 g/mol. The van der Waals surface area contributed by atoms with Gasteiger partial charge in [-0.15, -0.1) is 43.1 Å². The van der Waals surface area contributed by atoms with Crippen LogP contribution in [0.5, 0.6) is 0 Å². The number of benzene rings is 2. The molecule has 12 nitrogen and oxygen atoms in total. The lowest BCUT2D eigenvalue weighted by Gasteiger charge is -2.14. The van der Waals surface area contributed by atoms with Crippen molar-refractivity contribution in [2.45, 2.75) is 66.5 Å². The smallest absolute Gasteiger partial charge is 0.355 e. The standard InChI is InChI=1S/C38H35BCl2N10O2S2/c1-17-19(3)54-37-31(17)33(23-7-11-25(40)12-8-23)42-27(35-48-46-21(5)50(35)37)15-29(52)44-39-45-30(53)16-28-36-49-47-22(6)51(36)38-32(18(2)20(4)55-38)34(43-28)24-9-13-26(41)14-10-24/h7-14,27-28,39H,15-16H2,1-6H3,(H,44,52)(H,45,53). The summed E-state index contributed by atoms with van der Waals surface area (Å²) in [6.07, 6.45) is -0.0298. The van der Waals surface area contributed by atoms with Gasteiger partial charge in [0.2, 0.25) is 11.8 Å². The topological polar surface area (TPSA) is 144 Å². The predicted octanol–water partition coefficient (Wildman–Crippen LogP) is 6.89.